The fourth-order valence-electron chi connectivity index (χ4n) is 4.83. The molecule has 0 bridgehead atoms. The molecule has 4 aromatic rings. The van der Waals surface area contributed by atoms with Gasteiger partial charge in [0.25, 0.3) is 0 Å². The molecule has 6 nitrogen and oxygen atoms in total. The van der Waals surface area contributed by atoms with E-state index in [1.807, 2.05) is 121 Å². The van der Waals surface area contributed by atoms with Gasteiger partial charge in [-0.3, -0.25) is 0 Å². The van der Waals surface area contributed by atoms with E-state index >= 15 is 0 Å². The molecule has 0 heterocycles. The summed E-state index contributed by atoms with van der Waals surface area (Å²) in [7, 11) is 0. The Kier molecular flexibility index (Phi) is 12.9. The van der Waals surface area contributed by atoms with Crippen LogP contribution in [-0.2, 0) is 40.6 Å². The van der Waals surface area contributed by atoms with Gasteiger partial charge in [-0.1, -0.05) is 127 Å². The highest BCUT2D eigenvalue weighted by molar-refractivity contribution is 5.16. The Morgan fingerprint density at radius 1 is 0.619 bits per heavy atom. The average molecular weight is 568 g/mol. The third-order valence-electron chi connectivity index (χ3n) is 7.03. The number of aliphatic hydroxyl groups excluding tert-OH is 1. The molecule has 0 aliphatic heterocycles. The molecule has 0 aromatic heterocycles. The van der Waals surface area contributed by atoms with Crippen LogP contribution in [0, 0.1) is 0 Å². The van der Waals surface area contributed by atoms with Crippen molar-refractivity contribution in [1.29, 1.82) is 0 Å². The molecule has 0 aliphatic rings. The minimum atomic E-state index is -1.03. The van der Waals surface area contributed by atoms with Gasteiger partial charge < -0.3 is 24.5 Å². The standard InChI is InChI=1S/C36H41NO5/c1-2-15-33(37(39)24-29-16-7-3-8-17-29)35(41-26-31-20-11-5-12-21-31)36(42-27-32-22-13-6-14-23-32)34(38)28-40-25-30-18-9-4-10-19-30/h2-14,16-23,33-36,38-39H,1,15,24-28H2/t33-,34+,35-,36-/m1/s1. The van der Waals surface area contributed by atoms with Gasteiger partial charge in [0.05, 0.1) is 32.5 Å². The molecule has 4 aromatic carbocycles. The second-order valence-corrected chi connectivity index (χ2v) is 10.3. The molecule has 0 fully saturated rings. The molecule has 0 amide bonds. The van der Waals surface area contributed by atoms with E-state index in [1.54, 1.807) is 6.08 Å². The van der Waals surface area contributed by atoms with Crippen LogP contribution in [0.1, 0.15) is 28.7 Å². The molecule has 4 rings (SSSR count). The molecule has 6 heteroatoms. The van der Waals surface area contributed by atoms with Gasteiger partial charge in [-0.15, -0.1) is 6.58 Å². The molecular weight excluding hydrogens is 526 g/mol. The molecule has 2 N–H and O–H groups in total. The molecule has 0 saturated carbocycles. The first kappa shape index (κ1) is 31.3. The number of hydrogen-bond acceptors (Lipinski definition) is 6. The maximum atomic E-state index is 11.6. The number of ether oxygens (including phenoxy) is 3. The molecule has 0 saturated heterocycles. The van der Waals surface area contributed by atoms with Gasteiger partial charge in [-0.05, 0) is 28.7 Å². The van der Waals surface area contributed by atoms with Gasteiger partial charge in [-0.25, -0.2) is 0 Å². The predicted octanol–water partition coefficient (Wildman–Crippen LogP) is 6.57. The van der Waals surface area contributed by atoms with Crippen molar-refractivity contribution >= 4 is 0 Å². The topological polar surface area (TPSA) is 71.4 Å². The highest BCUT2D eigenvalue weighted by atomic mass is 16.6. The minimum absolute atomic E-state index is 0.0322. The Labute approximate surface area is 249 Å². The van der Waals surface area contributed by atoms with E-state index in [-0.39, 0.29) is 26.4 Å². The van der Waals surface area contributed by atoms with Gasteiger partial charge in [0.1, 0.15) is 18.3 Å². The first-order valence-corrected chi connectivity index (χ1v) is 14.3. The van der Waals surface area contributed by atoms with Crippen LogP contribution in [0.3, 0.4) is 0 Å². The summed E-state index contributed by atoms with van der Waals surface area (Å²) in [6.45, 7) is 5.15. The summed E-state index contributed by atoms with van der Waals surface area (Å²) in [5.74, 6) is 0. The van der Waals surface area contributed by atoms with Crippen molar-refractivity contribution in [2.24, 2.45) is 0 Å². The van der Waals surface area contributed by atoms with Crippen LogP contribution in [0.5, 0.6) is 0 Å². The average Bonchev–Trinajstić information content (AvgIpc) is 3.03. The monoisotopic (exact) mass is 567 g/mol. The highest BCUT2D eigenvalue weighted by Crippen LogP contribution is 2.24. The molecule has 0 aliphatic carbocycles. The summed E-state index contributed by atoms with van der Waals surface area (Å²) in [4.78, 5) is 0. The zero-order chi connectivity index (χ0) is 29.4. The molecular formula is C36H41NO5. The lowest BCUT2D eigenvalue weighted by molar-refractivity contribution is -0.216. The van der Waals surface area contributed by atoms with Gasteiger partial charge in [0, 0.05) is 6.54 Å². The maximum absolute atomic E-state index is 11.6. The summed E-state index contributed by atoms with van der Waals surface area (Å²) in [5.41, 5.74) is 3.90. The second kappa shape index (κ2) is 17.4. The van der Waals surface area contributed by atoms with Crippen LogP contribution >= 0.6 is 0 Å². The quantitative estimate of drug-likeness (QED) is 0.105. The molecule has 220 valence electrons. The molecule has 42 heavy (non-hydrogen) atoms. The van der Waals surface area contributed by atoms with Crippen molar-refractivity contribution in [3.8, 4) is 0 Å². The lowest BCUT2D eigenvalue weighted by Crippen LogP contribution is -2.54. The van der Waals surface area contributed by atoms with Crippen LogP contribution in [-0.4, -0.2) is 46.3 Å². The van der Waals surface area contributed by atoms with Crippen molar-refractivity contribution in [2.45, 2.75) is 57.1 Å². The van der Waals surface area contributed by atoms with E-state index in [4.69, 9.17) is 14.2 Å². The molecule has 0 radical (unpaired) electrons. The summed E-state index contributed by atoms with van der Waals surface area (Å²) < 4.78 is 18.9. The number of hydrogen-bond donors (Lipinski definition) is 2. The van der Waals surface area contributed by atoms with Gasteiger partial charge in [-0.2, -0.15) is 5.06 Å². The zero-order valence-corrected chi connectivity index (χ0v) is 23.9. The van der Waals surface area contributed by atoms with Gasteiger partial charge in [0.15, 0.2) is 0 Å². The highest BCUT2D eigenvalue weighted by Gasteiger charge is 2.38. The van der Waals surface area contributed by atoms with Crippen LogP contribution in [0.4, 0.5) is 0 Å². The fourth-order valence-corrected chi connectivity index (χ4v) is 4.83. The SMILES string of the molecule is C=CC[C@H]([C@@H](OCc1ccccc1)[C@H](OCc1ccccc1)[C@@H](O)COCc1ccccc1)N(O)Cc1ccccc1. The molecule has 0 spiro atoms. The number of rotatable bonds is 18. The first-order valence-electron chi connectivity index (χ1n) is 14.3. The molecule has 4 atom stereocenters. The van der Waals surface area contributed by atoms with Gasteiger partial charge >= 0.3 is 0 Å². The van der Waals surface area contributed by atoms with Crippen LogP contribution in [0.2, 0.25) is 0 Å². The minimum Gasteiger partial charge on any atom is -0.388 e. The Morgan fingerprint density at radius 2 is 1.05 bits per heavy atom. The number of hydroxylamine groups is 2. The summed E-state index contributed by atoms with van der Waals surface area (Å²) in [6, 6.07) is 38.7. The van der Waals surface area contributed by atoms with Crippen LogP contribution in [0.25, 0.3) is 0 Å². The van der Waals surface area contributed by atoms with Crippen LogP contribution in [0.15, 0.2) is 134 Å². The van der Waals surface area contributed by atoms with E-state index in [0.717, 1.165) is 22.3 Å². The van der Waals surface area contributed by atoms with Crippen molar-refractivity contribution in [3.05, 3.63) is 156 Å². The van der Waals surface area contributed by atoms with Crippen molar-refractivity contribution in [1.82, 2.24) is 5.06 Å². The zero-order valence-electron chi connectivity index (χ0n) is 23.9. The molecule has 0 unspecified atom stereocenters. The Hall–Kier alpha value is -3.62. The van der Waals surface area contributed by atoms with E-state index < -0.39 is 24.4 Å². The predicted molar refractivity (Wildman–Crippen MR) is 165 cm³/mol. The summed E-state index contributed by atoms with van der Waals surface area (Å²) in [6.07, 6.45) is -0.415. The largest absolute Gasteiger partial charge is 0.388 e. The lowest BCUT2D eigenvalue weighted by Gasteiger charge is -2.39. The number of aliphatic hydroxyl groups is 1. The third kappa shape index (κ3) is 10.0. The smallest absolute Gasteiger partial charge is 0.114 e. The Bertz CT molecular complexity index is 1270. The van der Waals surface area contributed by atoms with E-state index in [2.05, 4.69) is 6.58 Å². The van der Waals surface area contributed by atoms with Crippen molar-refractivity contribution in [3.63, 3.8) is 0 Å². The Morgan fingerprint density at radius 3 is 1.52 bits per heavy atom. The number of benzene rings is 4. The third-order valence-corrected chi connectivity index (χ3v) is 7.03. The normalized spacial score (nSPS) is 14.3. The first-order chi connectivity index (χ1) is 20.6. The second-order valence-electron chi connectivity index (χ2n) is 10.3. The maximum Gasteiger partial charge on any atom is 0.114 e. The van der Waals surface area contributed by atoms with Crippen LogP contribution < -0.4 is 0 Å². The van der Waals surface area contributed by atoms with E-state index in [9.17, 15) is 10.3 Å². The lowest BCUT2D eigenvalue weighted by atomic mass is 9.97. The Balaban J connectivity index is 1.60. The summed E-state index contributed by atoms with van der Waals surface area (Å²) >= 11 is 0. The summed E-state index contributed by atoms with van der Waals surface area (Å²) in [5, 5.41) is 24.3. The van der Waals surface area contributed by atoms with E-state index in [0.29, 0.717) is 13.0 Å². The van der Waals surface area contributed by atoms with Crippen molar-refractivity contribution in [2.75, 3.05) is 6.61 Å². The number of nitrogens with zero attached hydrogens (tertiary/aromatic N) is 1. The van der Waals surface area contributed by atoms with Gasteiger partial charge in [0.2, 0.25) is 0 Å². The fraction of sp³-hybridized carbons (Fsp3) is 0.278. The van der Waals surface area contributed by atoms with Crippen molar-refractivity contribution < 1.29 is 24.5 Å². The van der Waals surface area contributed by atoms with E-state index in [1.165, 1.54) is 5.06 Å².